The van der Waals surface area contributed by atoms with E-state index in [2.05, 4.69) is 23.5 Å². The maximum absolute atomic E-state index is 6.09. The lowest BCUT2D eigenvalue weighted by Crippen LogP contribution is -2.33. The van der Waals surface area contributed by atoms with Crippen molar-refractivity contribution in [3.63, 3.8) is 0 Å². The van der Waals surface area contributed by atoms with Gasteiger partial charge >= 0.3 is 0 Å². The summed E-state index contributed by atoms with van der Waals surface area (Å²) in [4.78, 5) is 0. The molecule has 1 fully saturated rings. The van der Waals surface area contributed by atoms with E-state index in [4.69, 9.17) is 11.6 Å². The molecular weight excluding hydrogens is 182 g/mol. The summed E-state index contributed by atoms with van der Waals surface area (Å²) in [7, 11) is 0. The molecule has 1 aromatic carbocycles. The van der Waals surface area contributed by atoms with E-state index in [1.54, 1.807) is 0 Å². The molecule has 1 aliphatic rings. The normalized spacial score (nSPS) is 15.4. The number of hydrogen-bond acceptors (Lipinski definition) is 1. The zero-order valence-electron chi connectivity index (χ0n) is 7.60. The first-order chi connectivity index (χ1) is 6.25. The highest BCUT2D eigenvalue weighted by atomic mass is 35.5. The quantitative estimate of drug-likeness (QED) is 0.723. The average Bonchev–Trinajstić information content (AvgIpc) is 1.99. The number of rotatable bonds is 1. The van der Waals surface area contributed by atoms with E-state index in [9.17, 15) is 0 Å². The van der Waals surface area contributed by atoms with E-state index in [0.717, 1.165) is 23.7 Å². The van der Waals surface area contributed by atoms with Gasteiger partial charge in [0.25, 0.3) is 0 Å². The molecule has 0 aromatic heterocycles. The van der Waals surface area contributed by atoms with Gasteiger partial charge in [-0.2, -0.15) is 0 Å². The third-order valence-corrected chi connectivity index (χ3v) is 2.55. The summed E-state index contributed by atoms with van der Waals surface area (Å²) < 4.78 is 0. The van der Waals surface area contributed by atoms with Crippen LogP contribution in [-0.2, 0) is 0 Å². The van der Waals surface area contributed by atoms with Crippen LogP contribution in [-0.4, -0.2) is 13.1 Å². The Bertz CT molecular complexity index is 349. The van der Waals surface area contributed by atoms with E-state index < -0.39 is 0 Å². The molecule has 0 spiro atoms. The SMILES string of the molecule is Cc1ccc(C=C2CNC2)c(Cl)c1. The van der Waals surface area contributed by atoms with Crippen molar-refractivity contribution < 1.29 is 0 Å². The molecule has 1 aromatic rings. The minimum absolute atomic E-state index is 0.847. The lowest BCUT2D eigenvalue weighted by atomic mass is 10.1. The highest BCUT2D eigenvalue weighted by Crippen LogP contribution is 2.21. The molecule has 0 atom stereocenters. The summed E-state index contributed by atoms with van der Waals surface area (Å²) in [5.74, 6) is 0. The largest absolute Gasteiger partial charge is 0.309 e. The summed E-state index contributed by atoms with van der Waals surface area (Å²) >= 11 is 6.09. The fourth-order valence-electron chi connectivity index (χ4n) is 1.34. The van der Waals surface area contributed by atoms with Crippen molar-refractivity contribution in [3.8, 4) is 0 Å². The van der Waals surface area contributed by atoms with Crippen LogP contribution < -0.4 is 5.32 Å². The van der Waals surface area contributed by atoms with E-state index in [-0.39, 0.29) is 0 Å². The Morgan fingerprint density at radius 3 is 2.69 bits per heavy atom. The Morgan fingerprint density at radius 1 is 1.38 bits per heavy atom. The second-order valence-electron chi connectivity index (χ2n) is 3.43. The minimum Gasteiger partial charge on any atom is -0.309 e. The molecule has 0 unspecified atom stereocenters. The van der Waals surface area contributed by atoms with Crippen LogP contribution in [0, 0.1) is 6.92 Å². The van der Waals surface area contributed by atoms with Gasteiger partial charge in [0.15, 0.2) is 0 Å². The first-order valence-corrected chi connectivity index (χ1v) is 4.80. The van der Waals surface area contributed by atoms with Gasteiger partial charge in [-0.25, -0.2) is 0 Å². The summed E-state index contributed by atoms with van der Waals surface area (Å²) in [6.45, 7) is 4.06. The first kappa shape index (κ1) is 8.79. The molecule has 68 valence electrons. The number of hydrogen-bond donors (Lipinski definition) is 1. The van der Waals surface area contributed by atoms with Gasteiger partial charge in [-0.3, -0.25) is 0 Å². The van der Waals surface area contributed by atoms with Crippen LogP contribution in [0.5, 0.6) is 0 Å². The van der Waals surface area contributed by atoms with E-state index in [1.165, 1.54) is 11.1 Å². The number of nitrogens with one attached hydrogen (secondary N) is 1. The maximum atomic E-state index is 6.09. The fourth-order valence-corrected chi connectivity index (χ4v) is 1.63. The standard InChI is InChI=1S/C11H12ClN/c1-8-2-3-10(11(12)4-8)5-9-6-13-7-9/h2-5,13H,6-7H2,1H3. The molecule has 1 saturated heterocycles. The van der Waals surface area contributed by atoms with E-state index in [0.29, 0.717) is 0 Å². The molecule has 2 heteroatoms. The Labute approximate surface area is 83.4 Å². The summed E-state index contributed by atoms with van der Waals surface area (Å²) in [6, 6.07) is 6.16. The van der Waals surface area contributed by atoms with Crippen molar-refractivity contribution in [3.05, 3.63) is 39.9 Å². The van der Waals surface area contributed by atoms with Crippen molar-refractivity contribution >= 4 is 17.7 Å². The van der Waals surface area contributed by atoms with Crippen molar-refractivity contribution in [1.82, 2.24) is 5.32 Å². The van der Waals surface area contributed by atoms with Gasteiger partial charge in [0.05, 0.1) is 0 Å². The average molecular weight is 194 g/mol. The molecule has 1 aliphatic heterocycles. The van der Waals surface area contributed by atoms with Gasteiger partial charge in [0.1, 0.15) is 0 Å². The summed E-state index contributed by atoms with van der Waals surface area (Å²) in [6.07, 6.45) is 2.16. The van der Waals surface area contributed by atoms with Gasteiger partial charge in [-0.1, -0.05) is 29.8 Å². The Kier molecular flexibility index (Phi) is 2.38. The molecule has 0 saturated carbocycles. The van der Waals surface area contributed by atoms with Crippen LogP contribution in [0.3, 0.4) is 0 Å². The second-order valence-corrected chi connectivity index (χ2v) is 3.84. The monoisotopic (exact) mass is 193 g/mol. The molecule has 1 heterocycles. The van der Waals surface area contributed by atoms with Crippen molar-refractivity contribution in [2.24, 2.45) is 0 Å². The molecule has 0 aliphatic carbocycles. The highest BCUT2D eigenvalue weighted by Gasteiger charge is 2.07. The smallest absolute Gasteiger partial charge is 0.0481 e. The van der Waals surface area contributed by atoms with Gasteiger partial charge < -0.3 is 5.32 Å². The maximum Gasteiger partial charge on any atom is 0.0481 e. The van der Waals surface area contributed by atoms with Crippen LogP contribution in [0.15, 0.2) is 23.8 Å². The van der Waals surface area contributed by atoms with Gasteiger partial charge in [0.2, 0.25) is 0 Å². The molecule has 0 radical (unpaired) electrons. The Balaban J connectivity index is 2.29. The number of halogens is 1. The van der Waals surface area contributed by atoms with Crippen LogP contribution in [0.4, 0.5) is 0 Å². The first-order valence-electron chi connectivity index (χ1n) is 4.42. The molecule has 0 amide bonds. The highest BCUT2D eigenvalue weighted by molar-refractivity contribution is 6.32. The molecule has 1 nitrogen and oxygen atoms in total. The summed E-state index contributed by atoms with van der Waals surface area (Å²) in [5, 5.41) is 4.05. The van der Waals surface area contributed by atoms with Gasteiger partial charge in [-0.15, -0.1) is 0 Å². The van der Waals surface area contributed by atoms with E-state index >= 15 is 0 Å². The van der Waals surface area contributed by atoms with Crippen LogP contribution in [0.2, 0.25) is 5.02 Å². The molecule has 2 rings (SSSR count). The van der Waals surface area contributed by atoms with Gasteiger partial charge in [0, 0.05) is 18.1 Å². The predicted molar refractivity (Wildman–Crippen MR) is 57.0 cm³/mol. The van der Waals surface area contributed by atoms with Crippen molar-refractivity contribution in [2.45, 2.75) is 6.92 Å². The third-order valence-electron chi connectivity index (χ3n) is 2.22. The van der Waals surface area contributed by atoms with Crippen LogP contribution in [0.25, 0.3) is 6.08 Å². The van der Waals surface area contributed by atoms with Crippen LogP contribution >= 0.6 is 11.6 Å². The van der Waals surface area contributed by atoms with Gasteiger partial charge in [-0.05, 0) is 29.7 Å². The molecule has 13 heavy (non-hydrogen) atoms. The Morgan fingerprint density at radius 2 is 2.15 bits per heavy atom. The van der Waals surface area contributed by atoms with Crippen molar-refractivity contribution in [2.75, 3.05) is 13.1 Å². The zero-order chi connectivity index (χ0) is 9.26. The zero-order valence-corrected chi connectivity index (χ0v) is 8.36. The molecule has 1 N–H and O–H groups in total. The predicted octanol–water partition coefficient (Wildman–Crippen LogP) is 2.64. The minimum atomic E-state index is 0.847. The fraction of sp³-hybridized carbons (Fsp3) is 0.273. The second kappa shape index (κ2) is 3.52. The molecule has 0 bridgehead atoms. The topological polar surface area (TPSA) is 12.0 Å². The summed E-state index contributed by atoms with van der Waals surface area (Å²) in [5.41, 5.74) is 3.76. The van der Waals surface area contributed by atoms with E-state index in [1.807, 2.05) is 13.0 Å². The number of benzene rings is 1. The third kappa shape index (κ3) is 1.93. The molecular formula is C11H12ClN. The lowest BCUT2D eigenvalue weighted by Gasteiger charge is -2.18. The van der Waals surface area contributed by atoms with Crippen molar-refractivity contribution in [1.29, 1.82) is 0 Å². The van der Waals surface area contributed by atoms with Crippen LogP contribution in [0.1, 0.15) is 11.1 Å². The number of aryl methyl sites for hydroxylation is 1. The lowest BCUT2D eigenvalue weighted by molar-refractivity contribution is 0.675. The Hall–Kier alpha value is -0.790.